The molecule has 0 aliphatic carbocycles. The Kier molecular flexibility index (Phi) is 72.4. The Balaban J connectivity index is 3.42. The molecule has 0 heterocycles. The number of esters is 1. The van der Waals surface area contributed by atoms with Crippen molar-refractivity contribution in [2.24, 2.45) is 0 Å². The predicted molar refractivity (Wildman–Crippen MR) is 375 cm³/mol. The van der Waals surface area contributed by atoms with Gasteiger partial charge in [0.2, 0.25) is 5.91 Å². The molecule has 0 aromatic rings. The smallest absolute Gasteiger partial charge is 0.305 e. The SMILES string of the molecule is CCCCCCCCC/C=C\CCCCCCCCCC(=O)OCCCCCCCCCCC/C=C\C/C=C\CCCCCCCCCCCCCCCC(=O)NC(CO)C(O)/C=C/CCCCCCCCCCCCCCCCCCCCC. The van der Waals surface area contributed by atoms with Crippen molar-refractivity contribution in [2.75, 3.05) is 13.2 Å². The number of hydrogen-bond acceptors (Lipinski definition) is 5. The Morgan fingerprint density at radius 3 is 0.906 bits per heavy atom. The molecule has 0 fully saturated rings. The summed E-state index contributed by atoms with van der Waals surface area (Å²) in [6.07, 6.45) is 97.8. The second-order valence-electron chi connectivity index (χ2n) is 26.3. The third-order valence-corrected chi connectivity index (χ3v) is 17.8. The molecule has 85 heavy (non-hydrogen) atoms. The summed E-state index contributed by atoms with van der Waals surface area (Å²) in [4.78, 5) is 24.6. The summed E-state index contributed by atoms with van der Waals surface area (Å²) in [5.74, 6) is -0.0561. The highest BCUT2D eigenvalue weighted by atomic mass is 16.5. The van der Waals surface area contributed by atoms with Crippen LogP contribution in [0.4, 0.5) is 0 Å². The van der Waals surface area contributed by atoms with E-state index in [1.807, 2.05) is 6.08 Å². The third kappa shape index (κ3) is 70.8. The first-order chi connectivity index (χ1) is 42.0. The van der Waals surface area contributed by atoms with Crippen LogP contribution in [0.2, 0.25) is 0 Å². The molecule has 0 saturated heterocycles. The lowest BCUT2D eigenvalue weighted by Gasteiger charge is -2.20. The lowest BCUT2D eigenvalue weighted by Crippen LogP contribution is -2.45. The molecule has 6 heteroatoms. The summed E-state index contributed by atoms with van der Waals surface area (Å²) >= 11 is 0. The van der Waals surface area contributed by atoms with E-state index in [0.717, 1.165) is 51.4 Å². The number of allylic oxidation sites excluding steroid dienone is 7. The van der Waals surface area contributed by atoms with Gasteiger partial charge in [0, 0.05) is 12.8 Å². The van der Waals surface area contributed by atoms with Crippen LogP contribution in [0, 0.1) is 0 Å². The quantitative estimate of drug-likeness (QED) is 0.0320. The van der Waals surface area contributed by atoms with Crippen LogP contribution in [0.25, 0.3) is 0 Å². The van der Waals surface area contributed by atoms with Crippen molar-refractivity contribution in [3.8, 4) is 0 Å². The lowest BCUT2D eigenvalue weighted by atomic mass is 10.0. The van der Waals surface area contributed by atoms with Crippen molar-refractivity contribution in [2.45, 2.75) is 431 Å². The van der Waals surface area contributed by atoms with Crippen molar-refractivity contribution in [1.82, 2.24) is 5.32 Å². The van der Waals surface area contributed by atoms with E-state index in [9.17, 15) is 19.8 Å². The maximum absolute atomic E-state index is 12.5. The fourth-order valence-corrected chi connectivity index (χ4v) is 12.0. The van der Waals surface area contributed by atoms with Gasteiger partial charge in [-0.3, -0.25) is 9.59 Å². The molecule has 500 valence electrons. The van der Waals surface area contributed by atoms with E-state index in [0.29, 0.717) is 19.4 Å². The second kappa shape index (κ2) is 74.3. The number of carbonyl (C=O) groups is 2. The predicted octanol–water partition coefficient (Wildman–Crippen LogP) is 25.2. The van der Waals surface area contributed by atoms with E-state index in [1.165, 1.54) is 340 Å². The van der Waals surface area contributed by atoms with Gasteiger partial charge in [-0.05, 0) is 89.9 Å². The van der Waals surface area contributed by atoms with Crippen LogP contribution < -0.4 is 5.32 Å². The molecular weight excluding hydrogens is 1040 g/mol. The Hall–Kier alpha value is -2.18. The van der Waals surface area contributed by atoms with Gasteiger partial charge in [0.1, 0.15) is 0 Å². The summed E-state index contributed by atoms with van der Waals surface area (Å²) in [6.45, 7) is 4.94. The number of ether oxygens (including phenoxy) is 1. The van der Waals surface area contributed by atoms with Crippen molar-refractivity contribution in [3.63, 3.8) is 0 Å². The van der Waals surface area contributed by atoms with Crippen molar-refractivity contribution < 1.29 is 24.5 Å². The molecule has 0 aliphatic heterocycles. The Morgan fingerprint density at radius 2 is 0.588 bits per heavy atom. The molecule has 2 unspecified atom stereocenters. The molecule has 0 saturated carbocycles. The number of nitrogens with one attached hydrogen (secondary N) is 1. The molecule has 6 nitrogen and oxygen atoms in total. The van der Waals surface area contributed by atoms with Gasteiger partial charge < -0.3 is 20.3 Å². The largest absolute Gasteiger partial charge is 0.466 e. The molecule has 1 amide bonds. The number of aliphatic hydroxyl groups is 2. The zero-order valence-electron chi connectivity index (χ0n) is 57.4. The van der Waals surface area contributed by atoms with Gasteiger partial charge in [-0.15, -0.1) is 0 Å². The van der Waals surface area contributed by atoms with Gasteiger partial charge >= 0.3 is 5.97 Å². The minimum atomic E-state index is -0.847. The van der Waals surface area contributed by atoms with E-state index >= 15 is 0 Å². The second-order valence-corrected chi connectivity index (χ2v) is 26.3. The van der Waals surface area contributed by atoms with Crippen LogP contribution in [-0.2, 0) is 14.3 Å². The fourth-order valence-electron chi connectivity index (χ4n) is 12.0. The van der Waals surface area contributed by atoms with Gasteiger partial charge in [-0.1, -0.05) is 364 Å². The van der Waals surface area contributed by atoms with Crippen molar-refractivity contribution >= 4 is 11.9 Å². The molecule has 0 rings (SSSR count). The minimum Gasteiger partial charge on any atom is -0.466 e. The minimum absolute atomic E-state index is 0.00926. The first-order valence-electron chi connectivity index (χ1n) is 38.4. The number of rotatable bonds is 72. The molecule has 2 atom stereocenters. The Morgan fingerprint density at radius 1 is 0.329 bits per heavy atom. The van der Waals surface area contributed by atoms with Crippen LogP contribution in [0.5, 0.6) is 0 Å². The first kappa shape index (κ1) is 82.8. The van der Waals surface area contributed by atoms with E-state index in [1.54, 1.807) is 6.08 Å². The number of hydrogen-bond donors (Lipinski definition) is 3. The topological polar surface area (TPSA) is 95.9 Å². The maximum atomic E-state index is 12.5. The number of aliphatic hydroxyl groups excluding tert-OH is 2. The van der Waals surface area contributed by atoms with Crippen LogP contribution in [0.1, 0.15) is 418 Å². The van der Waals surface area contributed by atoms with Crippen LogP contribution in [-0.4, -0.2) is 47.4 Å². The van der Waals surface area contributed by atoms with Crippen molar-refractivity contribution in [1.29, 1.82) is 0 Å². The average Bonchev–Trinajstić information content (AvgIpc) is 3.51. The molecular formula is C79H149NO5. The molecule has 0 aromatic carbocycles. The monoisotopic (exact) mass is 1190 g/mol. The zero-order valence-corrected chi connectivity index (χ0v) is 57.4. The van der Waals surface area contributed by atoms with E-state index < -0.39 is 12.1 Å². The van der Waals surface area contributed by atoms with Crippen molar-refractivity contribution in [3.05, 3.63) is 48.6 Å². The van der Waals surface area contributed by atoms with Gasteiger partial charge in [0.05, 0.1) is 25.4 Å². The number of carbonyl (C=O) groups excluding carboxylic acids is 2. The first-order valence-corrected chi connectivity index (χ1v) is 38.4. The van der Waals surface area contributed by atoms with Gasteiger partial charge in [0.25, 0.3) is 0 Å². The van der Waals surface area contributed by atoms with E-state index in [-0.39, 0.29) is 18.5 Å². The van der Waals surface area contributed by atoms with Gasteiger partial charge in [0.15, 0.2) is 0 Å². The van der Waals surface area contributed by atoms with Crippen LogP contribution >= 0.6 is 0 Å². The van der Waals surface area contributed by atoms with Gasteiger partial charge in [-0.25, -0.2) is 0 Å². The van der Waals surface area contributed by atoms with E-state index in [4.69, 9.17) is 4.74 Å². The molecule has 0 bridgehead atoms. The normalized spacial score (nSPS) is 12.8. The Labute approximate surface area is 531 Å². The highest BCUT2D eigenvalue weighted by Gasteiger charge is 2.18. The molecule has 0 spiro atoms. The highest BCUT2D eigenvalue weighted by Crippen LogP contribution is 2.19. The zero-order chi connectivity index (χ0) is 61.3. The Bertz CT molecular complexity index is 1420. The summed E-state index contributed by atoms with van der Waals surface area (Å²) < 4.78 is 5.50. The standard InChI is InChI=1S/C79H149NO5/c1-3-5-7-9-11-13-15-17-19-21-23-33-36-39-43-47-51-55-59-63-67-71-77(82)76(75-81)80-78(83)72-68-64-60-56-52-48-44-40-37-34-31-29-27-25-24-26-28-30-32-35-38-42-46-50-54-58-62-66-70-74-85-79(84)73-69-65-61-57-53-49-45-41-22-20-18-16-14-12-10-8-6-4-2/h20,22,24,26,30,32,67,71,76-77,81-82H,3-19,21,23,25,27-29,31,33-66,68-70,72-75H2,1-2H3,(H,80,83)/b22-20-,26-24-,32-30-,71-67+. The molecule has 0 aromatic heterocycles. The summed E-state index contributed by atoms with van der Waals surface area (Å²) in [7, 11) is 0. The number of amides is 1. The average molecular weight is 1190 g/mol. The number of unbranched alkanes of at least 4 members (excludes halogenated alkanes) is 55. The van der Waals surface area contributed by atoms with Gasteiger partial charge in [-0.2, -0.15) is 0 Å². The summed E-state index contributed by atoms with van der Waals surface area (Å²) in [5, 5.41) is 23.3. The third-order valence-electron chi connectivity index (χ3n) is 17.8. The molecule has 0 aliphatic rings. The summed E-state index contributed by atoms with van der Waals surface area (Å²) in [5.41, 5.74) is 0. The molecule has 0 radical (unpaired) electrons. The fraction of sp³-hybridized carbons (Fsp3) is 0.873. The summed E-state index contributed by atoms with van der Waals surface area (Å²) in [6, 6.07) is -0.631. The van der Waals surface area contributed by atoms with E-state index in [2.05, 4.69) is 55.6 Å². The van der Waals surface area contributed by atoms with Crippen LogP contribution in [0.3, 0.4) is 0 Å². The lowest BCUT2D eigenvalue weighted by molar-refractivity contribution is -0.143. The maximum Gasteiger partial charge on any atom is 0.305 e. The van der Waals surface area contributed by atoms with Crippen LogP contribution in [0.15, 0.2) is 48.6 Å². The highest BCUT2D eigenvalue weighted by molar-refractivity contribution is 5.76. The molecule has 3 N–H and O–H groups in total.